The highest BCUT2D eigenvalue weighted by atomic mass is 35.5. The molecule has 1 aromatic rings. The van der Waals surface area contributed by atoms with E-state index in [0.29, 0.717) is 45.3 Å². The summed E-state index contributed by atoms with van der Waals surface area (Å²) < 4.78 is 11.0. The molecule has 0 spiro atoms. The first-order chi connectivity index (χ1) is 11.0. The molecule has 7 nitrogen and oxygen atoms in total. The Labute approximate surface area is 140 Å². The summed E-state index contributed by atoms with van der Waals surface area (Å²) in [5.41, 5.74) is 0.254. The standard InChI is InChI=1S/C15H21ClN4O3/c1-10-8-20(9-11(2)23-10)14(21)13-12(16)7-17-15(18-13)19-3-5-22-6-4-19/h7,10-11H,3-6,8-9H2,1-2H3/t10-,11-/m1/s1. The first-order valence-corrected chi connectivity index (χ1v) is 8.22. The molecule has 3 rings (SSSR count). The molecule has 0 radical (unpaired) electrons. The molecule has 0 N–H and O–H groups in total. The molecule has 2 aliphatic rings. The van der Waals surface area contributed by atoms with Crippen LogP contribution in [0.25, 0.3) is 0 Å². The number of amides is 1. The molecule has 0 saturated carbocycles. The number of carbonyl (C=O) groups is 1. The van der Waals surface area contributed by atoms with E-state index in [0.717, 1.165) is 0 Å². The first kappa shape index (κ1) is 16.4. The van der Waals surface area contributed by atoms with Crippen LogP contribution < -0.4 is 4.90 Å². The lowest BCUT2D eigenvalue weighted by atomic mass is 10.2. The SMILES string of the molecule is C[C@@H]1CN(C(=O)c2nc(N3CCOCC3)ncc2Cl)C[C@@H](C)O1. The number of hydrogen-bond acceptors (Lipinski definition) is 6. The fraction of sp³-hybridized carbons (Fsp3) is 0.667. The van der Waals surface area contributed by atoms with E-state index in [1.165, 1.54) is 6.20 Å². The number of anilines is 1. The number of rotatable bonds is 2. The number of nitrogens with zero attached hydrogens (tertiary/aromatic N) is 4. The molecule has 1 amide bonds. The number of aromatic nitrogens is 2. The predicted molar refractivity (Wildman–Crippen MR) is 86.0 cm³/mol. The predicted octanol–water partition coefficient (Wildman–Crippen LogP) is 1.22. The van der Waals surface area contributed by atoms with Crippen LogP contribution in [0, 0.1) is 0 Å². The Balaban J connectivity index is 1.81. The van der Waals surface area contributed by atoms with Crippen molar-refractivity contribution in [3.8, 4) is 0 Å². The summed E-state index contributed by atoms with van der Waals surface area (Å²) in [5, 5.41) is 0.277. The second-order valence-electron chi connectivity index (χ2n) is 5.93. The molecule has 2 fully saturated rings. The van der Waals surface area contributed by atoms with E-state index in [1.54, 1.807) is 4.90 Å². The molecule has 2 aliphatic heterocycles. The van der Waals surface area contributed by atoms with Crippen molar-refractivity contribution in [1.82, 2.24) is 14.9 Å². The molecule has 2 saturated heterocycles. The Morgan fingerprint density at radius 1 is 1.26 bits per heavy atom. The zero-order valence-electron chi connectivity index (χ0n) is 13.4. The van der Waals surface area contributed by atoms with Gasteiger partial charge >= 0.3 is 0 Å². The molecular formula is C15H21ClN4O3. The van der Waals surface area contributed by atoms with Crippen LogP contribution in [0.1, 0.15) is 24.3 Å². The molecule has 0 unspecified atom stereocenters. The third-order valence-corrected chi connectivity index (χ3v) is 4.21. The molecule has 0 aromatic carbocycles. The largest absolute Gasteiger partial charge is 0.378 e. The molecule has 126 valence electrons. The lowest BCUT2D eigenvalue weighted by molar-refractivity contribution is -0.0587. The third-order valence-electron chi connectivity index (χ3n) is 3.93. The molecule has 0 aliphatic carbocycles. The van der Waals surface area contributed by atoms with Crippen LogP contribution in [0.3, 0.4) is 0 Å². The van der Waals surface area contributed by atoms with Crippen LogP contribution in [-0.2, 0) is 9.47 Å². The van der Waals surface area contributed by atoms with Crippen LogP contribution in [-0.4, -0.2) is 72.4 Å². The van der Waals surface area contributed by atoms with E-state index in [1.807, 2.05) is 18.7 Å². The average Bonchev–Trinajstić information content (AvgIpc) is 2.54. The monoisotopic (exact) mass is 340 g/mol. The van der Waals surface area contributed by atoms with Gasteiger partial charge in [-0.05, 0) is 13.8 Å². The van der Waals surface area contributed by atoms with E-state index in [4.69, 9.17) is 21.1 Å². The van der Waals surface area contributed by atoms with Gasteiger partial charge in [-0.2, -0.15) is 0 Å². The molecule has 8 heteroatoms. The zero-order valence-corrected chi connectivity index (χ0v) is 14.1. The molecule has 1 aromatic heterocycles. The van der Waals surface area contributed by atoms with Gasteiger partial charge in [0.2, 0.25) is 5.95 Å². The van der Waals surface area contributed by atoms with Crippen molar-refractivity contribution in [3.05, 3.63) is 16.9 Å². The lowest BCUT2D eigenvalue weighted by Crippen LogP contribution is -2.48. The highest BCUT2D eigenvalue weighted by Gasteiger charge is 2.29. The summed E-state index contributed by atoms with van der Waals surface area (Å²) in [5.74, 6) is 0.351. The zero-order chi connectivity index (χ0) is 16.4. The van der Waals surface area contributed by atoms with E-state index in [-0.39, 0.29) is 28.8 Å². The van der Waals surface area contributed by atoms with Gasteiger partial charge in [0.05, 0.1) is 36.6 Å². The van der Waals surface area contributed by atoms with Gasteiger partial charge in [0.15, 0.2) is 5.69 Å². The van der Waals surface area contributed by atoms with Gasteiger partial charge in [0.1, 0.15) is 0 Å². The summed E-state index contributed by atoms with van der Waals surface area (Å²) in [6, 6.07) is 0. The minimum Gasteiger partial charge on any atom is -0.378 e. The van der Waals surface area contributed by atoms with Crippen molar-refractivity contribution in [2.24, 2.45) is 0 Å². The maximum absolute atomic E-state index is 12.8. The van der Waals surface area contributed by atoms with Crippen molar-refractivity contribution in [1.29, 1.82) is 0 Å². The highest BCUT2D eigenvalue weighted by molar-refractivity contribution is 6.33. The van der Waals surface area contributed by atoms with Crippen LogP contribution in [0.15, 0.2) is 6.20 Å². The fourth-order valence-corrected chi connectivity index (χ4v) is 3.09. The third kappa shape index (κ3) is 3.73. The van der Waals surface area contributed by atoms with Gasteiger partial charge in [-0.15, -0.1) is 0 Å². The van der Waals surface area contributed by atoms with Gasteiger partial charge < -0.3 is 19.3 Å². The number of hydrogen-bond donors (Lipinski definition) is 0. The molecule has 3 heterocycles. The smallest absolute Gasteiger partial charge is 0.274 e. The van der Waals surface area contributed by atoms with Crippen LogP contribution in [0.2, 0.25) is 5.02 Å². The normalized spacial score (nSPS) is 25.5. The Morgan fingerprint density at radius 2 is 1.91 bits per heavy atom. The molecule has 0 bridgehead atoms. The van der Waals surface area contributed by atoms with E-state index < -0.39 is 0 Å². The summed E-state index contributed by atoms with van der Waals surface area (Å²) in [6.45, 7) is 7.67. The summed E-state index contributed by atoms with van der Waals surface area (Å²) in [4.78, 5) is 25.2. The van der Waals surface area contributed by atoms with Gasteiger partial charge in [0.25, 0.3) is 5.91 Å². The van der Waals surface area contributed by atoms with Crippen molar-refractivity contribution in [2.75, 3.05) is 44.3 Å². The minimum atomic E-state index is -0.172. The van der Waals surface area contributed by atoms with E-state index in [2.05, 4.69) is 9.97 Å². The van der Waals surface area contributed by atoms with Crippen molar-refractivity contribution < 1.29 is 14.3 Å². The minimum absolute atomic E-state index is 0.00188. The maximum Gasteiger partial charge on any atom is 0.274 e. The van der Waals surface area contributed by atoms with Crippen molar-refractivity contribution in [2.45, 2.75) is 26.1 Å². The first-order valence-electron chi connectivity index (χ1n) is 7.84. The van der Waals surface area contributed by atoms with Crippen LogP contribution >= 0.6 is 11.6 Å². The van der Waals surface area contributed by atoms with E-state index in [9.17, 15) is 4.79 Å². The number of carbonyl (C=O) groups excluding carboxylic acids is 1. The lowest BCUT2D eigenvalue weighted by Gasteiger charge is -2.35. The van der Waals surface area contributed by atoms with Crippen molar-refractivity contribution >= 4 is 23.5 Å². The second kappa shape index (κ2) is 6.98. The van der Waals surface area contributed by atoms with Gasteiger partial charge in [-0.3, -0.25) is 4.79 Å². The summed E-state index contributed by atoms with van der Waals surface area (Å²) in [7, 11) is 0. The molecule has 23 heavy (non-hydrogen) atoms. The van der Waals surface area contributed by atoms with Gasteiger partial charge in [-0.25, -0.2) is 9.97 Å². The average molecular weight is 341 g/mol. The van der Waals surface area contributed by atoms with E-state index >= 15 is 0 Å². The maximum atomic E-state index is 12.8. The quantitative estimate of drug-likeness (QED) is 0.806. The highest BCUT2D eigenvalue weighted by Crippen LogP contribution is 2.21. The molecular weight excluding hydrogens is 320 g/mol. The summed E-state index contributed by atoms with van der Waals surface area (Å²) in [6.07, 6.45) is 1.50. The number of halogens is 1. The molecule has 2 atom stereocenters. The number of morpholine rings is 2. The second-order valence-corrected chi connectivity index (χ2v) is 6.34. The Bertz CT molecular complexity index is 570. The Kier molecular flexibility index (Phi) is 4.99. The Morgan fingerprint density at radius 3 is 2.57 bits per heavy atom. The number of ether oxygens (including phenoxy) is 2. The topological polar surface area (TPSA) is 67.8 Å². The van der Waals surface area contributed by atoms with Crippen molar-refractivity contribution in [3.63, 3.8) is 0 Å². The summed E-state index contributed by atoms with van der Waals surface area (Å²) >= 11 is 6.18. The van der Waals surface area contributed by atoms with Crippen LogP contribution in [0.5, 0.6) is 0 Å². The fourth-order valence-electron chi connectivity index (χ4n) is 2.92. The van der Waals surface area contributed by atoms with Gasteiger partial charge in [-0.1, -0.05) is 11.6 Å². The van der Waals surface area contributed by atoms with Crippen LogP contribution in [0.4, 0.5) is 5.95 Å². The Hall–Kier alpha value is -1.44. The van der Waals surface area contributed by atoms with Gasteiger partial charge in [0, 0.05) is 26.2 Å².